The van der Waals surface area contributed by atoms with Crippen molar-refractivity contribution in [2.24, 2.45) is 0 Å². The molecule has 1 aliphatic heterocycles. The minimum atomic E-state index is 0.0467. The SMILES string of the molecule is CCc1cccc(NC(=O)CN2CCCN(c3nc4ccccc4[nH]3)CC2)c1. The number of aromatic amines is 1. The van der Waals surface area contributed by atoms with Crippen molar-refractivity contribution in [2.45, 2.75) is 19.8 Å². The van der Waals surface area contributed by atoms with Crippen LogP contribution in [0.25, 0.3) is 11.0 Å². The van der Waals surface area contributed by atoms with E-state index in [1.165, 1.54) is 5.56 Å². The van der Waals surface area contributed by atoms with Gasteiger partial charge >= 0.3 is 0 Å². The first-order chi connectivity index (χ1) is 13.7. The van der Waals surface area contributed by atoms with Crippen molar-refractivity contribution in [3.63, 3.8) is 0 Å². The summed E-state index contributed by atoms with van der Waals surface area (Å²) in [5, 5.41) is 3.03. The van der Waals surface area contributed by atoms with Gasteiger partial charge in [0, 0.05) is 31.9 Å². The van der Waals surface area contributed by atoms with Gasteiger partial charge in [0.05, 0.1) is 17.6 Å². The maximum absolute atomic E-state index is 12.5. The Morgan fingerprint density at radius 1 is 1.11 bits per heavy atom. The average Bonchev–Trinajstić information content (AvgIpc) is 3.01. The predicted molar refractivity (Wildman–Crippen MR) is 114 cm³/mol. The molecular formula is C22H27N5O. The quantitative estimate of drug-likeness (QED) is 0.716. The number of carbonyl (C=O) groups excluding carboxylic acids is 1. The van der Waals surface area contributed by atoms with Crippen molar-refractivity contribution < 1.29 is 4.79 Å². The highest BCUT2D eigenvalue weighted by Crippen LogP contribution is 2.18. The summed E-state index contributed by atoms with van der Waals surface area (Å²) in [4.78, 5) is 25.1. The summed E-state index contributed by atoms with van der Waals surface area (Å²) in [6, 6.07) is 16.2. The van der Waals surface area contributed by atoms with Crippen LogP contribution in [0.4, 0.5) is 11.6 Å². The molecular weight excluding hydrogens is 350 g/mol. The van der Waals surface area contributed by atoms with Crippen molar-refractivity contribution >= 4 is 28.6 Å². The Labute approximate surface area is 165 Å². The second kappa shape index (κ2) is 8.44. The molecule has 2 aromatic carbocycles. The highest BCUT2D eigenvalue weighted by atomic mass is 16.2. The molecule has 0 atom stereocenters. The van der Waals surface area contributed by atoms with Crippen LogP contribution in [0, 0.1) is 0 Å². The number of H-pyrrole nitrogens is 1. The molecule has 146 valence electrons. The van der Waals surface area contributed by atoms with E-state index in [0.29, 0.717) is 6.54 Å². The van der Waals surface area contributed by atoms with E-state index in [9.17, 15) is 4.79 Å². The molecule has 6 heteroatoms. The van der Waals surface area contributed by atoms with Crippen LogP contribution in [0.2, 0.25) is 0 Å². The molecule has 0 unspecified atom stereocenters. The molecule has 2 N–H and O–H groups in total. The van der Waals surface area contributed by atoms with Gasteiger partial charge in [-0.3, -0.25) is 9.69 Å². The summed E-state index contributed by atoms with van der Waals surface area (Å²) < 4.78 is 0. The number of anilines is 2. The predicted octanol–water partition coefficient (Wildman–Crippen LogP) is 3.28. The van der Waals surface area contributed by atoms with Crippen molar-refractivity contribution in [1.29, 1.82) is 0 Å². The lowest BCUT2D eigenvalue weighted by molar-refractivity contribution is -0.117. The third kappa shape index (κ3) is 4.34. The van der Waals surface area contributed by atoms with E-state index >= 15 is 0 Å². The Morgan fingerprint density at radius 3 is 2.86 bits per heavy atom. The average molecular weight is 377 g/mol. The largest absolute Gasteiger partial charge is 0.341 e. The molecule has 1 aliphatic rings. The van der Waals surface area contributed by atoms with E-state index in [4.69, 9.17) is 4.98 Å². The number of aromatic nitrogens is 2. The van der Waals surface area contributed by atoms with Crippen LogP contribution < -0.4 is 10.2 Å². The smallest absolute Gasteiger partial charge is 0.238 e. The van der Waals surface area contributed by atoms with E-state index in [1.807, 2.05) is 42.5 Å². The number of fused-ring (bicyclic) bond motifs is 1. The highest BCUT2D eigenvalue weighted by Gasteiger charge is 2.19. The lowest BCUT2D eigenvalue weighted by atomic mass is 10.1. The van der Waals surface area contributed by atoms with Crippen LogP contribution in [0.3, 0.4) is 0 Å². The monoisotopic (exact) mass is 377 g/mol. The molecule has 1 aromatic heterocycles. The van der Waals surface area contributed by atoms with Gasteiger partial charge in [-0.1, -0.05) is 31.2 Å². The van der Waals surface area contributed by atoms with Crippen molar-refractivity contribution in [3.8, 4) is 0 Å². The first-order valence-corrected chi connectivity index (χ1v) is 10.0. The Kier molecular flexibility index (Phi) is 5.58. The van der Waals surface area contributed by atoms with Gasteiger partial charge in [0.1, 0.15) is 0 Å². The highest BCUT2D eigenvalue weighted by molar-refractivity contribution is 5.92. The summed E-state index contributed by atoms with van der Waals surface area (Å²) in [5.74, 6) is 0.967. The molecule has 1 saturated heterocycles. The molecule has 0 aliphatic carbocycles. The molecule has 0 bridgehead atoms. The van der Waals surface area contributed by atoms with Gasteiger partial charge in [-0.2, -0.15) is 0 Å². The maximum Gasteiger partial charge on any atom is 0.238 e. The number of rotatable bonds is 5. The van der Waals surface area contributed by atoms with Crippen LogP contribution in [0.1, 0.15) is 18.9 Å². The number of nitrogens with zero attached hydrogens (tertiary/aromatic N) is 3. The molecule has 3 aromatic rings. The van der Waals surface area contributed by atoms with Crippen molar-refractivity contribution in [1.82, 2.24) is 14.9 Å². The standard InChI is InChI=1S/C22H27N5O/c1-2-17-7-5-8-18(15-17)23-21(28)16-26-11-6-12-27(14-13-26)22-24-19-9-3-4-10-20(19)25-22/h3-5,7-10,15H,2,6,11-14,16H2,1H3,(H,23,28)(H,24,25). The van der Waals surface area contributed by atoms with Crippen LogP contribution >= 0.6 is 0 Å². The van der Waals surface area contributed by atoms with Crippen LogP contribution in [-0.2, 0) is 11.2 Å². The Balaban J connectivity index is 1.34. The third-order valence-corrected chi connectivity index (χ3v) is 5.25. The lowest BCUT2D eigenvalue weighted by Gasteiger charge is -2.21. The van der Waals surface area contributed by atoms with Gasteiger partial charge in [-0.25, -0.2) is 4.98 Å². The van der Waals surface area contributed by atoms with Gasteiger partial charge in [0.25, 0.3) is 0 Å². The molecule has 1 amide bonds. The molecule has 0 spiro atoms. The maximum atomic E-state index is 12.5. The van der Waals surface area contributed by atoms with Crippen molar-refractivity contribution in [3.05, 3.63) is 54.1 Å². The molecule has 1 fully saturated rings. The first kappa shape index (κ1) is 18.5. The van der Waals surface area contributed by atoms with Crippen LogP contribution in [0.5, 0.6) is 0 Å². The molecule has 0 saturated carbocycles. The first-order valence-electron chi connectivity index (χ1n) is 10.0. The summed E-state index contributed by atoms with van der Waals surface area (Å²) in [6.45, 7) is 6.10. The van der Waals surface area contributed by atoms with Crippen LogP contribution in [0.15, 0.2) is 48.5 Å². The number of amides is 1. The fourth-order valence-corrected chi connectivity index (χ4v) is 3.70. The number of carbonyl (C=O) groups is 1. The van der Waals surface area contributed by atoms with E-state index in [0.717, 1.165) is 61.7 Å². The number of imidazole rings is 1. The zero-order valence-electron chi connectivity index (χ0n) is 16.3. The lowest BCUT2D eigenvalue weighted by Crippen LogP contribution is -2.36. The van der Waals surface area contributed by atoms with E-state index in [-0.39, 0.29) is 5.91 Å². The fourth-order valence-electron chi connectivity index (χ4n) is 3.70. The molecule has 0 radical (unpaired) electrons. The number of para-hydroxylation sites is 2. The number of hydrogen-bond acceptors (Lipinski definition) is 4. The minimum Gasteiger partial charge on any atom is -0.341 e. The molecule has 2 heterocycles. The third-order valence-electron chi connectivity index (χ3n) is 5.25. The number of benzene rings is 2. The summed E-state index contributed by atoms with van der Waals surface area (Å²) in [6.07, 6.45) is 1.98. The van der Waals surface area contributed by atoms with Gasteiger partial charge in [-0.05, 0) is 42.7 Å². The number of aryl methyl sites for hydroxylation is 1. The van der Waals surface area contributed by atoms with E-state index in [1.54, 1.807) is 0 Å². The van der Waals surface area contributed by atoms with Gasteiger partial charge < -0.3 is 15.2 Å². The normalized spacial score (nSPS) is 15.5. The van der Waals surface area contributed by atoms with E-state index in [2.05, 4.69) is 33.1 Å². The topological polar surface area (TPSA) is 64.3 Å². The molecule has 6 nitrogen and oxygen atoms in total. The molecule has 4 rings (SSSR count). The van der Waals surface area contributed by atoms with Crippen LogP contribution in [-0.4, -0.2) is 53.5 Å². The number of hydrogen-bond donors (Lipinski definition) is 2. The van der Waals surface area contributed by atoms with Gasteiger partial charge in [0.2, 0.25) is 11.9 Å². The zero-order valence-corrected chi connectivity index (χ0v) is 16.3. The number of nitrogens with one attached hydrogen (secondary N) is 2. The van der Waals surface area contributed by atoms with Crippen molar-refractivity contribution in [2.75, 3.05) is 42.9 Å². The van der Waals surface area contributed by atoms with E-state index < -0.39 is 0 Å². The minimum absolute atomic E-state index is 0.0467. The zero-order chi connectivity index (χ0) is 19.3. The molecule has 28 heavy (non-hydrogen) atoms. The Morgan fingerprint density at radius 2 is 2.00 bits per heavy atom. The van der Waals surface area contributed by atoms with Gasteiger partial charge in [0.15, 0.2) is 0 Å². The fraction of sp³-hybridized carbons (Fsp3) is 0.364. The Bertz CT molecular complexity index is 918. The second-order valence-electron chi connectivity index (χ2n) is 7.30. The summed E-state index contributed by atoms with van der Waals surface area (Å²) >= 11 is 0. The summed E-state index contributed by atoms with van der Waals surface area (Å²) in [7, 11) is 0. The Hall–Kier alpha value is -2.86. The second-order valence-corrected chi connectivity index (χ2v) is 7.30. The van der Waals surface area contributed by atoms with Gasteiger partial charge in [-0.15, -0.1) is 0 Å². The summed E-state index contributed by atoms with van der Waals surface area (Å²) in [5.41, 5.74) is 4.16.